The van der Waals surface area contributed by atoms with Crippen LogP contribution in [-0.4, -0.2) is 17.6 Å². The van der Waals surface area contributed by atoms with Crippen LogP contribution in [0.1, 0.15) is 60.5 Å². The monoisotopic (exact) mass is 291 g/mol. The lowest BCUT2D eigenvalue weighted by molar-refractivity contribution is -0.129. The zero-order valence-electron chi connectivity index (χ0n) is 14.4. The summed E-state index contributed by atoms with van der Waals surface area (Å²) in [5, 5.41) is 3.02. The molecule has 1 N–H and O–H groups in total. The largest absolute Gasteiger partial charge is 0.481 e. The molecule has 0 saturated carbocycles. The van der Waals surface area contributed by atoms with E-state index in [-0.39, 0.29) is 16.9 Å². The fourth-order valence-corrected chi connectivity index (χ4v) is 1.96. The van der Waals surface area contributed by atoms with Gasteiger partial charge in [-0.15, -0.1) is 0 Å². The standard InChI is InChI=1S/C18H29NO2/c1-8-18(6,7)19-16(20)13(2)21-15-12-10-9-11-14(15)17(3,4)5/h9-13H,8H2,1-7H3,(H,19,20). The van der Waals surface area contributed by atoms with Crippen molar-refractivity contribution in [3.63, 3.8) is 0 Å². The Bertz CT molecular complexity index is 486. The van der Waals surface area contributed by atoms with Crippen molar-refractivity contribution in [1.29, 1.82) is 0 Å². The minimum Gasteiger partial charge on any atom is -0.481 e. The molecule has 0 aliphatic carbocycles. The van der Waals surface area contributed by atoms with Crippen LogP contribution >= 0.6 is 0 Å². The van der Waals surface area contributed by atoms with Crippen LogP contribution < -0.4 is 10.1 Å². The van der Waals surface area contributed by atoms with Crippen LogP contribution in [0.4, 0.5) is 0 Å². The van der Waals surface area contributed by atoms with E-state index in [0.29, 0.717) is 0 Å². The molecule has 0 aliphatic heterocycles. The number of carbonyl (C=O) groups is 1. The van der Waals surface area contributed by atoms with E-state index in [1.54, 1.807) is 6.92 Å². The molecule has 0 bridgehead atoms. The fourth-order valence-electron chi connectivity index (χ4n) is 1.96. The van der Waals surface area contributed by atoms with Crippen LogP contribution in [0, 0.1) is 0 Å². The molecule has 1 atom stereocenters. The molecule has 0 aromatic heterocycles. The van der Waals surface area contributed by atoms with Gasteiger partial charge in [-0.2, -0.15) is 0 Å². The number of benzene rings is 1. The van der Waals surface area contributed by atoms with E-state index in [2.05, 4.69) is 39.1 Å². The molecule has 0 saturated heterocycles. The number of para-hydroxylation sites is 1. The van der Waals surface area contributed by atoms with E-state index >= 15 is 0 Å². The Morgan fingerprint density at radius 1 is 1.19 bits per heavy atom. The third kappa shape index (κ3) is 5.07. The molecule has 0 aliphatic rings. The molecular weight excluding hydrogens is 262 g/mol. The number of rotatable bonds is 5. The van der Waals surface area contributed by atoms with Gasteiger partial charge >= 0.3 is 0 Å². The van der Waals surface area contributed by atoms with Crippen LogP contribution in [0.2, 0.25) is 0 Å². The smallest absolute Gasteiger partial charge is 0.261 e. The molecule has 0 heterocycles. The molecule has 0 radical (unpaired) electrons. The number of hydrogen-bond acceptors (Lipinski definition) is 2. The zero-order chi connectivity index (χ0) is 16.3. The maximum absolute atomic E-state index is 12.2. The number of carbonyl (C=O) groups excluding carboxylic acids is 1. The summed E-state index contributed by atoms with van der Waals surface area (Å²) in [6, 6.07) is 7.91. The van der Waals surface area contributed by atoms with Crippen LogP contribution in [0.15, 0.2) is 24.3 Å². The lowest BCUT2D eigenvalue weighted by Gasteiger charge is -2.28. The Labute approximate surface area is 129 Å². The Hall–Kier alpha value is -1.51. The zero-order valence-corrected chi connectivity index (χ0v) is 14.4. The Balaban J connectivity index is 2.85. The Kier molecular flexibility index (Phi) is 5.43. The first-order chi connectivity index (χ1) is 9.57. The molecule has 0 spiro atoms. The van der Waals surface area contributed by atoms with Gasteiger partial charge in [-0.3, -0.25) is 4.79 Å². The summed E-state index contributed by atoms with van der Waals surface area (Å²) in [5.74, 6) is 0.701. The third-order valence-electron chi connectivity index (χ3n) is 3.71. The average Bonchev–Trinajstić information content (AvgIpc) is 2.37. The summed E-state index contributed by atoms with van der Waals surface area (Å²) >= 11 is 0. The van der Waals surface area contributed by atoms with E-state index in [1.807, 2.05) is 32.0 Å². The lowest BCUT2D eigenvalue weighted by Crippen LogP contribution is -2.48. The molecule has 1 aromatic carbocycles. The molecule has 1 aromatic rings. The molecule has 1 unspecified atom stereocenters. The first-order valence-corrected chi connectivity index (χ1v) is 7.65. The average molecular weight is 291 g/mol. The summed E-state index contributed by atoms with van der Waals surface area (Å²) in [7, 11) is 0. The molecule has 1 rings (SSSR count). The van der Waals surface area contributed by atoms with Gasteiger partial charge in [0, 0.05) is 5.54 Å². The molecule has 118 valence electrons. The second-order valence-corrected chi connectivity index (χ2v) is 7.23. The first kappa shape index (κ1) is 17.5. The highest BCUT2D eigenvalue weighted by Crippen LogP contribution is 2.31. The summed E-state index contributed by atoms with van der Waals surface area (Å²) in [6.45, 7) is 14.3. The van der Waals surface area contributed by atoms with Crippen molar-refractivity contribution < 1.29 is 9.53 Å². The van der Waals surface area contributed by atoms with Crippen molar-refractivity contribution in [2.24, 2.45) is 0 Å². The van der Waals surface area contributed by atoms with E-state index in [1.165, 1.54) is 0 Å². The maximum Gasteiger partial charge on any atom is 0.261 e. The van der Waals surface area contributed by atoms with Gasteiger partial charge in [0.2, 0.25) is 0 Å². The third-order valence-corrected chi connectivity index (χ3v) is 3.71. The van der Waals surface area contributed by atoms with Crippen molar-refractivity contribution in [3.05, 3.63) is 29.8 Å². The van der Waals surface area contributed by atoms with Crippen molar-refractivity contribution >= 4 is 5.91 Å². The number of ether oxygens (including phenoxy) is 1. The second kappa shape index (κ2) is 6.50. The molecule has 21 heavy (non-hydrogen) atoms. The van der Waals surface area contributed by atoms with Crippen molar-refractivity contribution in [2.75, 3.05) is 0 Å². The predicted octanol–water partition coefficient (Wildman–Crippen LogP) is 4.06. The SMILES string of the molecule is CCC(C)(C)NC(=O)C(C)Oc1ccccc1C(C)(C)C. The Morgan fingerprint density at radius 2 is 1.76 bits per heavy atom. The fraction of sp³-hybridized carbons (Fsp3) is 0.611. The van der Waals surface area contributed by atoms with Crippen molar-refractivity contribution in [3.8, 4) is 5.75 Å². The van der Waals surface area contributed by atoms with Crippen LogP contribution in [0.25, 0.3) is 0 Å². The number of amides is 1. The highest BCUT2D eigenvalue weighted by atomic mass is 16.5. The maximum atomic E-state index is 12.2. The molecular formula is C18H29NO2. The minimum atomic E-state index is -0.515. The van der Waals surface area contributed by atoms with Crippen molar-refractivity contribution in [2.45, 2.75) is 71.9 Å². The minimum absolute atomic E-state index is 0.0184. The van der Waals surface area contributed by atoms with Crippen LogP contribution in [0.3, 0.4) is 0 Å². The van der Waals surface area contributed by atoms with Gasteiger partial charge in [0.15, 0.2) is 6.10 Å². The number of hydrogen-bond donors (Lipinski definition) is 1. The Morgan fingerprint density at radius 3 is 2.29 bits per heavy atom. The highest BCUT2D eigenvalue weighted by molar-refractivity contribution is 5.81. The van der Waals surface area contributed by atoms with Crippen LogP contribution in [-0.2, 0) is 10.2 Å². The lowest BCUT2D eigenvalue weighted by atomic mass is 9.86. The van der Waals surface area contributed by atoms with Gasteiger partial charge in [-0.25, -0.2) is 0 Å². The normalized spacial score (nSPS) is 13.7. The predicted molar refractivity (Wildman–Crippen MR) is 87.7 cm³/mol. The van der Waals surface area contributed by atoms with E-state index in [4.69, 9.17) is 4.74 Å². The van der Waals surface area contributed by atoms with E-state index in [9.17, 15) is 4.79 Å². The van der Waals surface area contributed by atoms with Gasteiger partial charge < -0.3 is 10.1 Å². The van der Waals surface area contributed by atoms with Crippen molar-refractivity contribution in [1.82, 2.24) is 5.32 Å². The second-order valence-electron chi connectivity index (χ2n) is 7.23. The molecule has 3 nitrogen and oxygen atoms in total. The van der Waals surface area contributed by atoms with Gasteiger partial charge in [0.25, 0.3) is 5.91 Å². The van der Waals surface area contributed by atoms with Gasteiger partial charge in [-0.1, -0.05) is 45.9 Å². The topological polar surface area (TPSA) is 38.3 Å². The van der Waals surface area contributed by atoms with Gasteiger partial charge in [0.1, 0.15) is 5.75 Å². The number of nitrogens with one attached hydrogen (secondary N) is 1. The van der Waals surface area contributed by atoms with E-state index in [0.717, 1.165) is 17.7 Å². The van der Waals surface area contributed by atoms with Gasteiger partial charge in [-0.05, 0) is 44.2 Å². The summed E-state index contributed by atoms with van der Waals surface area (Å²) < 4.78 is 5.91. The summed E-state index contributed by atoms with van der Waals surface area (Å²) in [4.78, 5) is 12.2. The first-order valence-electron chi connectivity index (χ1n) is 7.65. The summed E-state index contributed by atoms with van der Waals surface area (Å²) in [6.07, 6.45) is 0.364. The molecule has 1 amide bonds. The van der Waals surface area contributed by atoms with Gasteiger partial charge in [0.05, 0.1) is 0 Å². The summed E-state index contributed by atoms with van der Waals surface area (Å²) in [5.41, 5.74) is 0.882. The molecule has 3 heteroatoms. The van der Waals surface area contributed by atoms with Crippen LogP contribution in [0.5, 0.6) is 5.75 Å². The quantitative estimate of drug-likeness (QED) is 0.888. The molecule has 0 fully saturated rings. The van der Waals surface area contributed by atoms with E-state index < -0.39 is 6.10 Å². The highest BCUT2D eigenvalue weighted by Gasteiger charge is 2.25.